The fourth-order valence-corrected chi connectivity index (χ4v) is 2.59. The van der Waals surface area contributed by atoms with Gasteiger partial charge in [-0.25, -0.2) is 4.79 Å². The first-order chi connectivity index (χ1) is 5.96. The Balaban J connectivity index is 2.28. The van der Waals surface area contributed by atoms with E-state index in [1.807, 2.05) is 0 Å². The van der Waals surface area contributed by atoms with Crippen LogP contribution in [0.25, 0.3) is 0 Å². The number of fused-ring (bicyclic) bond motifs is 1. The number of Topliss-reactive ketones (excluding diaryl/α,β-unsaturated/α-hetero) is 1. The highest BCUT2D eigenvalue weighted by Gasteiger charge is 2.63. The number of aliphatic carboxylic acids is 1. The van der Waals surface area contributed by atoms with Crippen LogP contribution in [0.3, 0.4) is 0 Å². The molecule has 2 aliphatic carbocycles. The summed E-state index contributed by atoms with van der Waals surface area (Å²) < 4.78 is -1.36. The smallest absolute Gasteiger partial charge is 0.331 e. The molecule has 70 valence electrons. The average Bonchev–Trinajstić information content (AvgIpc) is 2.45. The first-order valence-corrected chi connectivity index (χ1v) is 4.57. The Morgan fingerprint density at radius 2 is 2.23 bits per heavy atom. The minimum atomic E-state index is -1.36. The number of allylic oxidation sites excluding steroid dienone is 1. The van der Waals surface area contributed by atoms with Crippen LogP contribution in [-0.4, -0.2) is 21.2 Å². The molecule has 13 heavy (non-hydrogen) atoms. The van der Waals surface area contributed by atoms with Gasteiger partial charge in [0.05, 0.1) is 5.92 Å². The van der Waals surface area contributed by atoms with Crippen molar-refractivity contribution >= 4 is 35.0 Å². The fraction of sp³-hybridized carbons (Fsp3) is 0.500. The van der Waals surface area contributed by atoms with Crippen molar-refractivity contribution in [3.05, 3.63) is 11.6 Å². The van der Waals surface area contributed by atoms with Crippen molar-refractivity contribution in [2.24, 2.45) is 11.8 Å². The number of ketones is 1. The van der Waals surface area contributed by atoms with Gasteiger partial charge < -0.3 is 5.11 Å². The minimum Gasteiger partial charge on any atom is -0.478 e. The lowest BCUT2D eigenvalue weighted by molar-refractivity contribution is -0.139. The molecule has 0 aromatic carbocycles. The van der Waals surface area contributed by atoms with Crippen molar-refractivity contribution in [2.75, 3.05) is 0 Å². The van der Waals surface area contributed by atoms with Gasteiger partial charge in [0, 0.05) is 11.5 Å². The molecule has 1 saturated carbocycles. The number of carbonyl (C=O) groups excluding carboxylic acids is 1. The van der Waals surface area contributed by atoms with E-state index in [2.05, 4.69) is 0 Å². The number of carboxylic acid groups (broad SMARTS) is 1. The third kappa shape index (κ3) is 0.973. The number of halogens is 2. The van der Waals surface area contributed by atoms with Crippen molar-refractivity contribution in [2.45, 2.75) is 10.8 Å². The molecule has 2 rings (SSSR count). The van der Waals surface area contributed by atoms with Crippen molar-refractivity contribution in [3.63, 3.8) is 0 Å². The summed E-state index contributed by atoms with van der Waals surface area (Å²) in [6, 6.07) is 0. The molecule has 0 aliphatic heterocycles. The molecule has 2 aliphatic rings. The summed E-state index contributed by atoms with van der Waals surface area (Å²) in [5.41, 5.74) is 0.145. The van der Waals surface area contributed by atoms with Gasteiger partial charge in [-0.1, -0.05) is 29.3 Å². The van der Waals surface area contributed by atoms with E-state index in [0.717, 1.165) is 0 Å². The largest absolute Gasteiger partial charge is 0.478 e. The highest BCUT2D eigenvalue weighted by molar-refractivity contribution is 6.61. The molecule has 0 radical (unpaired) electrons. The van der Waals surface area contributed by atoms with Crippen LogP contribution in [0.1, 0.15) is 6.42 Å². The van der Waals surface area contributed by atoms with Gasteiger partial charge in [-0.2, -0.15) is 0 Å². The van der Waals surface area contributed by atoms with Crippen LogP contribution in [0.15, 0.2) is 11.6 Å². The topological polar surface area (TPSA) is 54.4 Å². The molecular weight excluding hydrogens is 215 g/mol. The van der Waals surface area contributed by atoms with Crippen LogP contribution < -0.4 is 0 Å². The summed E-state index contributed by atoms with van der Waals surface area (Å²) in [5, 5.41) is 8.72. The molecule has 5 heteroatoms. The summed E-state index contributed by atoms with van der Waals surface area (Å²) in [7, 11) is 0. The lowest BCUT2D eigenvalue weighted by Crippen LogP contribution is -2.55. The zero-order chi connectivity index (χ0) is 9.80. The third-order valence-electron chi connectivity index (χ3n) is 2.65. The normalized spacial score (nSPS) is 34.9. The number of hydrogen-bond donors (Lipinski definition) is 1. The van der Waals surface area contributed by atoms with Gasteiger partial charge in [0.25, 0.3) is 0 Å². The fourth-order valence-electron chi connectivity index (χ4n) is 1.93. The first kappa shape index (κ1) is 9.03. The van der Waals surface area contributed by atoms with E-state index in [1.165, 1.54) is 6.08 Å². The van der Waals surface area contributed by atoms with Gasteiger partial charge in [0.2, 0.25) is 0 Å². The molecule has 0 heterocycles. The Bertz CT molecular complexity index is 332. The number of carbonyl (C=O) groups is 2. The maximum absolute atomic E-state index is 11.3. The van der Waals surface area contributed by atoms with E-state index >= 15 is 0 Å². The van der Waals surface area contributed by atoms with Crippen LogP contribution in [0.5, 0.6) is 0 Å². The lowest BCUT2D eigenvalue weighted by atomic mass is 9.71. The molecule has 1 fully saturated rings. The zero-order valence-electron chi connectivity index (χ0n) is 6.46. The summed E-state index contributed by atoms with van der Waals surface area (Å²) >= 11 is 11.4. The van der Waals surface area contributed by atoms with Gasteiger partial charge >= 0.3 is 5.97 Å². The number of hydrogen-bond acceptors (Lipinski definition) is 2. The Kier molecular flexibility index (Phi) is 1.73. The van der Waals surface area contributed by atoms with E-state index in [9.17, 15) is 9.59 Å². The second-order valence-electron chi connectivity index (χ2n) is 3.27. The Labute approximate surface area is 84.3 Å². The van der Waals surface area contributed by atoms with Crippen molar-refractivity contribution in [1.82, 2.24) is 0 Å². The Morgan fingerprint density at radius 3 is 2.77 bits per heavy atom. The number of alkyl halides is 2. The molecule has 0 aromatic rings. The predicted molar refractivity (Wildman–Crippen MR) is 46.8 cm³/mol. The molecule has 1 N–H and O–H groups in total. The van der Waals surface area contributed by atoms with Crippen LogP contribution >= 0.6 is 23.2 Å². The monoisotopic (exact) mass is 220 g/mol. The lowest BCUT2D eigenvalue weighted by Gasteiger charge is -2.41. The predicted octanol–water partition coefficient (Wildman–Crippen LogP) is 1.39. The van der Waals surface area contributed by atoms with E-state index < -0.39 is 16.2 Å². The Hall–Kier alpha value is -0.540. The van der Waals surface area contributed by atoms with Crippen molar-refractivity contribution in [3.8, 4) is 0 Å². The molecule has 0 unspecified atom stereocenters. The van der Waals surface area contributed by atoms with Crippen LogP contribution in [-0.2, 0) is 9.59 Å². The second kappa shape index (κ2) is 2.49. The van der Waals surface area contributed by atoms with E-state index in [-0.39, 0.29) is 17.3 Å². The second-order valence-corrected chi connectivity index (χ2v) is 4.66. The van der Waals surface area contributed by atoms with Crippen LogP contribution in [0.4, 0.5) is 0 Å². The molecule has 0 bridgehead atoms. The third-order valence-corrected chi connectivity index (χ3v) is 3.59. The maximum Gasteiger partial charge on any atom is 0.331 e. The van der Waals surface area contributed by atoms with E-state index in [1.54, 1.807) is 0 Å². The van der Waals surface area contributed by atoms with Gasteiger partial charge in [0.1, 0.15) is 0 Å². The molecule has 0 amide bonds. The molecule has 0 aromatic heterocycles. The van der Waals surface area contributed by atoms with Gasteiger partial charge in [0.15, 0.2) is 10.1 Å². The summed E-state index contributed by atoms with van der Waals surface area (Å²) in [4.78, 5) is 22.0. The molecule has 0 saturated heterocycles. The molecule has 3 nitrogen and oxygen atoms in total. The molecule has 0 spiro atoms. The van der Waals surface area contributed by atoms with E-state index in [0.29, 0.717) is 6.42 Å². The summed E-state index contributed by atoms with van der Waals surface area (Å²) in [6.45, 7) is 0. The van der Waals surface area contributed by atoms with Crippen molar-refractivity contribution in [1.29, 1.82) is 0 Å². The number of carboxylic acids is 1. The highest BCUT2D eigenvalue weighted by atomic mass is 35.5. The van der Waals surface area contributed by atoms with Gasteiger partial charge in [-0.05, 0) is 6.42 Å². The minimum absolute atomic E-state index is 0.145. The Morgan fingerprint density at radius 1 is 1.62 bits per heavy atom. The summed E-state index contributed by atoms with van der Waals surface area (Å²) in [6.07, 6.45) is 2.01. The van der Waals surface area contributed by atoms with Crippen LogP contribution in [0.2, 0.25) is 0 Å². The average molecular weight is 221 g/mol. The van der Waals surface area contributed by atoms with E-state index in [4.69, 9.17) is 28.3 Å². The van der Waals surface area contributed by atoms with Gasteiger partial charge in [-0.15, -0.1) is 0 Å². The standard InChI is InChI=1S/C8H6Cl2O3/c9-8(10)4-2-1-3(7(12)13)5(4)6(8)11/h1,4-5H,2H2,(H,12,13)/t4-,5+/m1/s1. The highest BCUT2D eigenvalue weighted by Crippen LogP contribution is 2.56. The zero-order valence-corrected chi connectivity index (χ0v) is 7.97. The maximum atomic E-state index is 11.3. The molecular formula is C8H6Cl2O3. The number of rotatable bonds is 1. The van der Waals surface area contributed by atoms with Crippen LogP contribution in [0, 0.1) is 11.8 Å². The quantitative estimate of drug-likeness (QED) is 0.680. The van der Waals surface area contributed by atoms with Gasteiger partial charge in [-0.3, -0.25) is 4.79 Å². The SMILES string of the molecule is O=C(O)C1=CC[C@@H]2[C@H]1C(=O)C2(Cl)Cl. The van der Waals surface area contributed by atoms with Crippen molar-refractivity contribution < 1.29 is 14.7 Å². The summed E-state index contributed by atoms with van der Waals surface area (Å²) in [5.74, 6) is -2.25. The molecule has 2 atom stereocenters. The first-order valence-electron chi connectivity index (χ1n) is 3.81.